The minimum absolute atomic E-state index is 0.109. The first-order chi connectivity index (χ1) is 14.9. The number of nitrogens with zero attached hydrogens (tertiary/aromatic N) is 5. The van der Waals surface area contributed by atoms with Crippen LogP contribution in [0.1, 0.15) is 47.1 Å². The van der Waals surface area contributed by atoms with Crippen molar-refractivity contribution in [2.24, 2.45) is 0 Å². The van der Waals surface area contributed by atoms with E-state index in [1.54, 1.807) is 30.6 Å². The van der Waals surface area contributed by atoms with Gasteiger partial charge in [-0.05, 0) is 75.1 Å². The number of aromatic amines is 1. The number of imidazole rings is 1. The van der Waals surface area contributed by atoms with Crippen LogP contribution >= 0.6 is 11.6 Å². The first kappa shape index (κ1) is 19.8. The maximum atomic E-state index is 13.8. The van der Waals surface area contributed by atoms with Crippen molar-refractivity contribution in [1.29, 1.82) is 0 Å². The zero-order valence-electron chi connectivity index (χ0n) is 17.7. The standard InChI is InChI=1S/C23H23ClN6O/c1-14-11-18-19(12-15(14)2)28-22(27-18)23(3)7-4-10-29(23)21(31)17-13-16(24)5-6-20(17)30-25-8-9-26-30/h5-6,8-9,11-13H,4,7,10H2,1-3H3,(H,27,28). The number of carbonyl (C=O) groups excluding carboxylic acids is 1. The van der Waals surface area contributed by atoms with Crippen molar-refractivity contribution in [3.05, 3.63) is 70.3 Å². The van der Waals surface area contributed by atoms with E-state index in [0.717, 1.165) is 29.7 Å². The fraction of sp³-hybridized carbons (Fsp3) is 0.304. The van der Waals surface area contributed by atoms with Crippen molar-refractivity contribution in [3.63, 3.8) is 0 Å². The lowest BCUT2D eigenvalue weighted by atomic mass is 9.97. The molecule has 1 N–H and O–H groups in total. The Morgan fingerprint density at radius 2 is 1.87 bits per heavy atom. The summed E-state index contributed by atoms with van der Waals surface area (Å²) in [5, 5.41) is 8.89. The molecule has 5 rings (SSSR count). The fourth-order valence-electron chi connectivity index (χ4n) is 4.40. The van der Waals surface area contributed by atoms with E-state index in [4.69, 9.17) is 16.6 Å². The Balaban J connectivity index is 1.58. The third-order valence-corrected chi connectivity index (χ3v) is 6.55. The Kier molecular flexibility index (Phi) is 4.59. The minimum atomic E-state index is -0.547. The van der Waals surface area contributed by atoms with Crippen LogP contribution in [0, 0.1) is 13.8 Å². The predicted molar refractivity (Wildman–Crippen MR) is 120 cm³/mol. The number of likely N-dealkylation sites (tertiary alicyclic amines) is 1. The number of hydrogen-bond donors (Lipinski definition) is 1. The van der Waals surface area contributed by atoms with E-state index >= 15 is 0 Å². The number of aromatic nitrogens is 5. The van der Waals surface area contributed by atoms with Crippen LogP contribution in [-0.2, 0) is 5.54 Å². The molecule has 1 atom stereocenters. The molecule has 4 aromatic rings. The molecule has 1 unspecified atom stereocenters. The van der Waals surface area contributed by atoms with Gasteiger partial charge in [-0.15, -0.1) is 0 Å². The normalized spacial score (nSPS) is 18.8. The second-order valence-corrected chi connectivity index (χ2v) is 8.79. The number of benzene rings is 2. The van der Waals surface area contributed by atoms with Crippen LogP contribution in [0.5, 0.6) is 0 Å². The van der Waals surface area contributed by atoms with Crippen molar-refractivity contribution in [2.75, 3.05) is 6.54 Å². The van der Waals surface area contributed by atoms with Crippen molar-refractivity contribution in [2.45, 2.75) is 39.2 Å². The highest BCUT2D eigenvalue weighted by Crippen LogP contribution is 2.39. The van der Waals surface area contributed by atoms with Crippen LogP contribution in [0.2, 0.25) is 5.02 Å². The molecule has 0 bridgehead atoms. The Morgan fingerprint density at radius 3 is 2.65 bits per heavy atom. The topological polar surface area (TPSA) is 79.7 Å². The van der Waals surface area contributed by atoms with Gasteiger partial charge in [0.15, 0.2) is 0 Å². The second-order valence-electron chi connectivity index (χ2n) is 8.35. The largest absolute Gasteiger partial charge is 0.340 e. The quantitative estimate of drug-likeness (QED) is 0.512. The van der Waals surface area contributed by atoms with Gasteiger partial charge in [-0.3, -0.25) is 4.79 Å². The van der Waals surface area contributed by atoms with Gasteiger partial charge in [0, 0.05) is 11.6 Å². The minimum Gasteiger partial charge on any atom is -0.340 e. The zero-order chi connectivity index (χ0) is 21.8. The Hall–Kier alpha value is -3.19. The van der Waals surface area contributed by atoms with Gasteiger partial charge in [0.1, 0.15) is 5.82 Å². The molecule has 0 spiro atoms. The fourth-order valence-corrected chi connectivity index (χ4v) is 4.57. The molecule has 1 fully saturated rings. The lowest BCUT2D eigenvalue weighted by Gasteiger charge is -2.34. The lowest BCUT2D eigenvalue weighted by Crippen LogP contribution is -2.44. The van der Waals surface area contributed by atoms with Crippen LogP contribution in [-0.4, -0.2) is 42.3 Å². The van der Waals surface area contributed by atoms with Crippen molar-refractivity contribution < 1.29 is 4.79 Å². The molecule has 8 heteroatoms. The van der Waals surface area contributed by atoms with Gasteiger partial charge in [-0.2, -0.15) is 15.0 Å². The molecule has 7 nitrogen and oxygen atoms in total. The molecule has 0 radical (unpaired) electrons. The van der Waals surface area contributed by atoms with E-state index in [9.17, 15) is 4.79 Å². The van der Waals surface area contributed by atoms with Crippen molar-refractivity contribution >= 4 is 28.5 Å². The number of rotatable bonds is 3. The third kappa shape index (κ3) is 3.20. The van der Waals surface area contributed by atoms with E-state index in [2.05, 4.69) is 48.1 Å². The summed E-state index contributed by atoms with van der Waals surface area (Å²) in [6.07, 6.45) is 4.89. The molecule has 1 aliphatic heterocycles. The van der Waals surface area contributed by atoms with Gasteiger partial charge in [-0.25, -0.2) is 4.98 Å². The van der Waals surface area contributed by atoms with Gasteiger partial charge in [0.05, 0.1) is 40.2 Å². The summed E-state index contributed by atoms with van der Waals surface area (Å²) >= 11 is 6.26. The highest BCUT2D eigenvalue weighted by molar-refractivity contribution is 6.31. The maximum absolute atomic E-state index is 13.8. The van der Waals surface area contributed by atoms with Gasteiger partial charge < -0.3 is 9.88 Å². The molecule has 1 saturated heterocycles. The lowest BCUT2D eigenvalue weighted by molar-refractivity contribution is 0.0605. The van der Waals surface area contributed by atoms with E-state index < -0.39 is 5.54 Å². The summed E-state index contributed by atoms with van der Waals surface area (Å²) in [7, 11) is 0. The zero-order valence-corrected chi connectivity index (χ0v) is 18.4. The molecule has 1 amide bonds. The molecule has 2 aromatic carbocycles. The van der Waals surface area contributed by atoms with Crippen LogP contribution in [0.4, 0.5) is 0 Å². The van der Waals surface area contributed by atoms with Crippen LogP contribution in [0.3, 0.4) is 0 Å². The number of amides is 1. The van der Waals surface area contributed by atoms with Gasteiger partial charge in [0.25, 0.3) is 5.91 Å². The molecule has 0 aliphatic carbocycles. The number of H-pyrrole nitrogens is 1. The summed E-state index contributed by atoms with van der Waals surface area (Å²) in [6.45, 7) is 6.89. The highest BCUT2D eigenvalue weighted by atomic mass is 35.5. The van der Waals surface area contributed by atoms with Crippen LogP contribution in [0.25, 0.3) is 16.7 Å². The summed E-state index contributed by atoms with van der Waals surface area (Å²) in [6, 6.07) is 9.41. The Morgan fingerprint density at radius 1 is 1.13 bits per heavy atom. The second kappa shape index (κ2) is 7.20. The predicted octanol–water partition coefficient (Wildman–Crippen LogP) is 4.57. The molecule has 2 aromatic heterocycles. The SMILES string of the molecule is Cc1cc2nc(C3(C)CCCN3C(=O)c3cc(Cl)ccc3-n3nccn3)[nH]c2cc1C. The number of halogens is 1. The number of nitrogens with one attached hydrogen (secondary N) is 1. The van der Waals surface area contributed by atoms with Gasteiger partial charge in [-0.1, -0.05) is 11.6 Å². The molecule has 0 saturated carbocycles. The number of aryl methyl sites for hydroxylation is 2. The Labute approximate surface area is 185 Å². The maximum Gasteiger partial charge on any atom is 0.256 e. The third-order valence-electron chi connectivity index (χ3n) is 6.32. The molecule has 31 heavy (non-hydrogen) atoms. The Bertz CT molecular complexity index is 1260. The average Bonchev–Trinajstić information content (AvgIpc) is 3.48. The van der Waals surface area contributed by atoms with E-state index in [1.807, 2.05) is 4.90 Å². The average molecular weight is 435 g/mol. The van der Waals surface area contributed by atoms with Gasteiger partial charge >= 0.3 is 0 Å². The molecular weight excluding hydrogens is 412 g/mol. The summed E-state index contributed by atoms with van der Waals surface area (Å²) in [4.78, 5) is 25.5. The monoisotopic (exact) mass is 434 g/mol. The highest BCUT2D eigenvalue weighted by Gasteiger charge is 2.44. The molecular formula is C23H23ClN6O. The summed E-state index contributed by atoms with van der Waals surface area (Å²) < 4.78 is 0. The number of hydrogen-bond acceptors (Lipinski definition) is 4. The number of fused-ring (bicyclic) bond motifs is 1. The molecule has 158 valence electrons. The number of carbonyl (C=O) groups is 1. The van der Waals surface area contributed by atoms with Crippen LogP contribution in [0.15, 0.2) is 42.7 Å². The van der Waals surface area contributed by atoms with Crippen molar-refractivity contribution in [3.8, 4) is 5.69 Å². The summed E-state index contributed by atoms with van der Waals surface area (Å²) in [5.74, 6) is 0.696. The van der Waals surface area contributed by atoms with Crippen molar-refractivity contribution in [1.82, 2.24) is 29.9 Å². The molecule has 1 aliphatic rings. The van der Waals surface area contributed by atoms with E-state index in [-0.39, 0.29) is 5.91 Å². The molecule has 3 heterocycles. The summed E-state index contributed by atoms with van der Waals surface area (Å²) in [5.41, 5.74) is 4.84. The smallest absolute Gasteiger partial charge is 0.256 e. The van der Waals surface area contributed by atoms with Crippen LogP contribution < -0.4 is 0 Å². The first-order valence-electron chi connectivity index (χ1n) is 10.3. The van der Waals surface area contributed by atoms with E-state index in [1.165, 1.54) is 15.9 Å². The van der Waals surface area contributed by atoms with Gasteiger partial charge in [0.2, 0.25) is 0 Å². The first-order valence-corrected chi connectivity index (χ1v) is 10.7. The van der Waals surface area contributed by atoms with E-state index in [0.29, 0.717) is 22.8 Å².